The quantitative estimate of drug-likeness (QED) is 0.820. The van der Waals surface area contributed by atoms with Crippen molar-refractivity contribution in [2.75, 3.05) is 6.54 Å². The third-order valence-corrected chi connectivity index (χ3v) is 4.64. The van der Waals surface area contributed by atoms with E-state index in [0.29, 0.717) is 6.04 Å². The van der Waals surface area contributed by atoms with Crippen LogP contribution in [0.25, 0.3) is 0 Å². The summed E-state index contributed by atoms with van der Waals surface area (Å²) in [4.78, 5) is 2.60. The molecule has 1 aliphatic carbocycles. The summed E-state index contributed by atoms with van der Waals surface area (Å²) < 4.78 is 0. The monoisotopic (exact) mass is 244 g/mol. The fourth-order valence-electron chi connectivity index (χ4n) is 3.35. The zero-order valence-corrected chi connectivity index (χ0v) is 11.2. The van der Waals surface area contributed by atoms with Crippen LogP contribution >= 0.6 is 0 Å². The third kappa shape index (κ3) is 2.45. The lowest BCUT2D eigenvalue weighted by Gasteiger charge is -2.41. The Kier molecular flexibility index (Phi) is 3.16. The van der Waals surface area contributed by atoms with Crippen LogP contribution in [-0.2, 0) is 13.0 Å². The molecule has 0 unspecified atom stereocenters. The Balaban J connectivity index is 1.66. The van der Waals surface area contributed by atoms with Crippen LogP contribution in [0.3, 0.4) is 0 Å². The van der Waals surface area contributed by atoms with Gasteiger partial charge in [0.2, 0.25) is 0 Å². The molecule has 1 aromatic carbocycles. The van der Waals surface area contributed by atoms with Gasteiger partial charge in [0.1, 0.15) is 0 Å². The molecule has 0 amide bonds. The second kappa shape index (κ2) is 4.67. The lowest BCUT2D eigenvalue weighted by atomic mass is 9.82. The molecule has 0 atom stereocenters. The smallest absolute Gasteiger partial charge is 0.0621 e. The number of hydrogen-bond acceptors (Lipinski definition) is 2. The number of rotatable bonds is 1. The van der Waals surface area contributed by atoms with Gasteiger partial charge in [0.05, 0.1) is 5.60 Å². The molecule has 2 heteroatoms. The van der Waals surface area contributed by atoms with Gasteiger partial charge >= 0.3 is 0 Å². The molecular formula is C16H22NO. The van der Waals surface area contributed by atoms with Crippen LogP contribution in [0.15, 0.2) is 18.2 Å². The van der Waals surface area contributed by atoms with Crippen LogP contribution in [-0.4, -0.2) is 28.2 Å². The number of nitrogens with zero attached hydrogens (tertiary/aromatic N) is 1. The van der Waals surface area contributed by atoms with Crippen molar-refractivity contribution in [2.24, 2.45) is 0 Å². The molecule has 0 aromatic heterocycles. The molecule has 2 nitrogen and oxygen atoms in total. The lowest BCUT2D eigenvalue weighted by molar-refractivity contribution is -0.00765. The van der Waals surface area contributed by atoms with Gasteiger partial charge in [0.15, 0.2) is 0 Å². The molecule has 1 heterocycles. The Bertz CT molecular complexity index is 417. The summed E-state index contributed by atoms with van der Waals surface area (Å²) in [6, 6.07) is 10.2. The zero-order chi connectivity index (χ0) is 12.6. The lowest BCUT2D eigenvalue weighted by Crippen LogP contribution is -2.44. The highest BCUT2D eigenvalue weighted by Gasteiger charge is 2.32. The molecule has 0 spiro atoms. The average molecular weight is 244 g/mol. The van der Waals surface area contributed by atoms with E-state index in [1.807, 2.05) is 13.0 Å². The molecule has 2 aliphatic rings. The van der Waals surface area contributed by atoms with Crippen LogP contribution in [0.1, 0.15) is 43.7 Å². The van der Waals surface area contributed by atoms with Gasteiger partial charge in [0, 0.05) is 19.1 Å². The highest BCUT2D eigenvalue weighted by molar-refractivity contribution is 5.28. The largest absolute Gasteiger partial charge is 0.390 e. The Morgan fingerprint density at radius 2 is 2.11 bits per heavy atom. The molecule has 0 bridgehead atoms. The molecule has 97 valence electrons. The van der Waals surface area contributed by atoms with Gasteiger partial charge in [0.25, 0.3) is 0 Å². The van der Waals surface area contributed by atoms with Gasteiger partial charge in [-0.25, -0.2) is 0 Å². The summed E-state index contributed by atoms with van der Waals surface area (Å²) in [5.74, 6) is 0. The Morgan fingerprint density at radius 1 is 1.33 bits per heavy atom. The highest BCUT2D eigenvalue weighted by atomic mass is 16.3. The predicted octanol–water partition coefficient (Wildman–Crippen LogP) is 2.54. The average Bonchev–Trinajstić information content (AvgIpc) is 2.38. The summed E-state index contributed by atoms with van der Waals surface area (Å²) in [5, 5.41) is 10.0. The summed E-state index contributed by atoms with van der Waals surface area (Å²) in [6.45, 7) is 4.22. The maximum atomic E-state index is 10.0. The van der Waals surface area contributed by atoms with Crippen molar-refractivity contribution in [3.63, 3.8) is 0 Å². The summed E-state index contributed by atoms with van der Waals surface area (Å²) >= 11 is 0. The normalized spacial score (nSPS) is 33.1. The second-order valence-corrected chi connectivity index (χ2v) is 6.14. The highest BCUT2D eigenvalue weighted by Crippen LogP contribution is 2.32. The van der Waals surface area contributed by atoms with E-state index in [4.69, 9.17) is 0 Å². The van der Waals surface area contributed by atoms with E-state index < -0.39 is 5.60 Å². The van der Waals surface area contributed by atoms with Gasteiger partial charge in [-0.15, -0.1) is 0 Å². The van der Waals surface area contributed by atoms with Crippen molar-refractivity contribution in [3.8, 4) is 0 Å². The van der Waals surface area contributed by atoms with E-state index in [9.17, 15) is 5.11 Å². The molecule has 18 heavy (non-hydrogen) atoms. The first kappa shape index (κ1) is 12.2. The van der Waals surface area contributed by atoms with E-state index >= 15 is 0 Å². The van der Waals surface area contributed by atoms with Gasteiger partial charge in [-0.05, 0) is 62.3 Å². The summed E-state index contributed by atoms with van der Waals surface area (Å²) in [6.07, 6.45) is 5.33. The molecule has 1 N–H and O–H groups in total. The summed E-state index contributed by atoms with van der Waals surface area (Å²) in [7, 11) is 0. The van der Waals surface area contributed by atoms with E-state index in [1.54, 1.807) is 0 Å². The molecule has 1 radical (unpaired) electrons. The van der Waals surface area contributed by atoms with Crippen LogP contribution in [0.4, 0.5) is 0 Å². The summed E-state index contributed by atoms with van der Waals surface area (Å²) in [5.41, 5.74) is 2.52. The maximum absolute atomic E-state index is 10.0. The molecular weight excluding hydrogens is 222 g/mol. The van der Waals surface area contributed by atoms with E-state index in [1.165, 1.54) is 17.7 Å². The fourth-order valence-corrected chi connectivity index (χ4v) is 3.35. The second-order valence-electron chi connectivity index (χ2n) is 6.14. The van der Waals surface area contributed by atoms with Crippen LogP contribution < -0.4 is 0 Å². The van der Waals surface area contributed by atoms with Crippen molar-refractivity contribution in [1.82, 2.24) is 4.90 Å². The van der Waals surface area contributed by atoms with Gasteiger partial charge < -0.3 is 5.11 Å². The standard InChI is InChI=1S/C16H22NO/c1-16(18)9-6-15(7-10-16)17-11-8-13-4-2-3-5-14(13)12-17/h2,4-5,15,18H,6-12H2,1H3/t15-,16-. The number of fused-ring (bicyclic) bond motifs is 1. The fraction of sp³-hybridized carbons (Fsp3) is 0.625. The first-order chi connectivity index (χ1) is 8.64. The first-order valence-electron chi connectivity index (χ1n) is 7.08. The SMILES string of the molecule is C[C@]1(O)CC[C@H](N2CCc3cc[c]cc3C2)CC1. The molecule has 1 fully saturated rings. The van der Waals surface area contributed by atoms with Crippen molar-refractivity contribution in [3.05, 3.63) is 35.4 Å². The Labute approximate surface area is 110 Å². The van der Waals surface area contributed by atoms with E-state index in [2.05, 4.69) is 23.1 Å². The molecule has 1 aromatic rings. The van der Waals surface area contributed by atoms with Crippen molar-refractivity contribution in [1.29, 1.82) is 0 Å². The zero-order valence-electron chi connectivity index (χ0n) is 11.2. The predicted molar refractivity (Wildman–Crippen MR) is 72.3 cm³/mol. The van der Waals surface area contributed by atoms with E-state index in [0.717, 1.165) is 38.6 Å². The Morgan fingerprint density at radius 3 is 2.89 bits per heavy atom. The minimum absolute atomic E-state index is 0.419. The third-order valence-electron chi connectivity index (χ3n) is 4.64. The minimum Gasteiger partial charge on any atom is -0.390 e. The van der Waals surface area contributed by atoms with Crippen LogP contribution in [0.5, 0.6) is 0 Å². The molecule has 1 saturated carbocycles. The molecule has 0 saturated heterocycles. The van der Waals surface area contributed by atoms with Crippen molar-refractivity contribution >= 4 is 0 Å². The Hall–Kier alpha value is -0.860. The molecule has 1 aliphatic heterocycles. The maximum Gasteiger partial charge on any atom is 0.0621 e. The number of hydrogen-bond donors (Lipinski definition) is 1. The number of aliphatic hydroxyl groups is 1. The van der Waals surface area contributed by atoms with Crippen LogP contribution in [0.2, 0.25) is 0 Å². The van der Waals surface area contributed by atoms with Crippen molar-refractivity contribution in [2.45, 2.75) is 57.2 Å². The van der Waals surface area contributed by atoms with Crippen molar-refractivity contribution < 1.29 is 5.11 Å². The van der Waals surface area contributed by atoms with E-state index in [-0.39, 0.29) is 0 Å². The number of benzene rings is 1. The first-order valence-corrected chi connectivity index (χ1v) is 7.08. The minimum atomic E-state index is -0.419. The van der Waals surface area contributed by atoms with Gasteiger partial charge in [-0.1, -0.05) is 12.1 Å². The van der Waals surface area contributed by atoms with Gasteiger partial charge in [-0.2, -0.15) is 0 Å². The molecule has 3 rings (SSSR count). The van der Waals surface area contributed by atoms with Crippen LogP contribution in [0, 0.1) is 6.07 Å². The topological polar surface area (TPSA) is 23.5 Å². The van der Waals surface area contributed by atoms with Gasteiger partial charge in [-0.3, -0.25) is 4.90 Å².